The fraction of sp³-hybridized carbons (Fsp3) is 0.550. The Bertz CT molecular complexity index is 742. The second kappa shape index (κ2) is 7.58. The van der Waals surface area contributed by atoms with E-state index in [0.29, 0.717) is 30.4 Å². The fourth-order valence-electron chi connectivity index (χ4n) is 3.74. The van der Waals surface area contributed by atoms with Crippen molar-refractivity contribution in [2.45, 2.75) is 51.2 Å². The fourth-order valence-corrected chi connectivity index (χ4v) is 3.74. The van der Waals surface area contributed by atoms with Gasteiger partial charge >= 0.3 is 0 Å². The molecule has 2 heterocycles. The van der Waals surface area contributed by atoms with Crippen LogP contribution in [0, 0.1) is 5.92 Å². The number of rotatable bonds is 6. The number of aromatic nitrogens is 3. The highest BCUT2D eigenvalue weighted by Crippen LogP contribution is 2.37. The molecule has 1 saturated heterocycles. The Morgan fingerprint density at radius 1 is 1.31 bits per heavy atom. The number of aromatic amines is 1. The molecule has 1 amide bonds. The van der Waals surface area contributed by atoms with Crippen molar-refractivity contribution >= 4 is 5.91 Å². The molecule has 0 spiro atoms. The molecular weight excluding hydrogens is 328 g/mol. The molecule has 0 radical (unpaired) electrons. The zero-order chi connectivity index (χ0) is 17.9. The summed E-state index contributed by atoms with van der Waals surface area (Å²) in [6, 6.07) is 7.62. The summed E-state index contributed by atoms with van der Waals surface area (Å²) in [5, 5.41) is 6.79. The number of unbranched alkanes of at least 4 members (excludes halogenated alkanes) is 1. The molecule has 6 nitrogen and oxygen atoms in total. The van der Waals surface area contributed by atoms with Crippen molar-refractivity contribution < 1.29 is 9.53 Å². The summed E-state index contributed by atoms with van der Waals surface area (Å²) in [5.41, 5.74) is 1.48. The number of carbonyl (C=O) groups excluding carboxylic acids is 1. The van der Waals surface area contributed by atoms with Crippen LogP contribution in [0.1, 0.15) is 49.4 Å². The number of hydrogen-bond acceptors (Lipinski definition) is 4. The van der Waals surface area contributed by atoms with Crippen LogP contribution in [-0.4, -0.2) is 51.3 Å². The Kier molecular flexibility index (Phi) is 5.02. The molecule has 1 aliphatic carbocycles. The van der Waals surface area contributed by atoms with Gasteiger partial charge in [0.15, 0.2) is 5.82 Å². The third-order valence-corrected chi connectivity index (χ3v) is 5.33. The van der Waals surface area contributed by atoms with E-state index < -0.39 is 0 Å². The zero-order valence-electron chi connectivity index (χ0n) is 15.2. The van der Waals surface area contributed by atoms with Crippen molar-refractivity contribution in [2.24, 2.45) is 5.92 Å². The van der Waals surface area contributed by atoms with E-state index in [-0.39, 0.29) is 18.1 Å². The molecule has 0 unspecified atom stereocenters. The van der Waals surface area contributed by atoms with Crippen molar-refractivity contribution in [1.82, 2.24) is 20.1 Å². The zero-order valence-corrected chi connectivity index (χ0v) is 15.2. The van der Waals surface area contributed by atoms with Gasteiger partial charge in [0.1, 0.15) is 6.33 Å². The molecule has 1 aliphatic heterocycles. The van der Waals surface area contributed by atoms with Crippen LogP contribution >= 0.6 is 0 Å². The van der Waals surface area contributed by atoms with E-state index in [1.165, 1.54) is 19.2 Å². The molecule has 0 bridgehead atoms. The molecule has 2 fully saturated rings. The van der Waals surface area contributed by atoms with E-state index in [2.05, 4.69) is 22.1 Å². The van der Waals surface area contributed by atoms with Crippen LogP contribution in [0.3, 0.4) is 0 Å². The normalized spacial score (nSPS) is 23.2. The molecule has 6 heteroatoms. The maximum absolute atomic E-state index is 13.3. The van der Waals surface area contributed by atoms with Crippen molar-refractivity contribution in [3.8, 4) is 11.4 Å². The van der Waals surface area contributed by atoms with Gasteiger partial charge in [-0.15, -0.1) is 0 Å². The van der Waals surface area contributed by atoms with Gasteiger partial charge in [0.2, 0.25) is 0 Å². The molecule has 1 aromatic heterocycles. The van der Waals surface area contributed by atoms with Crippen LogP contribution < -0.4 is 0 Å². The largest absolute Gasteiger partial charge is 0.371 e. The number of carbonyl (C=O) groups is 1. The first-order valence-electron chi connectivity index (χ1n) is 9.65. The van der Waals surface area contributed by atoms with E-state index in [4.69, 9.17) is 4.74 Å². The Balaban J connectivity index is 1.57. The van der Waals surface area contributed by atoms with Gasteiger partial charge in [-0.1, -0.05) is 38.0 Å². The van der Waals surface area contributed by atoms with Gasteiger partial charge in [-0.2, -0.15) is 5.10 Å². The van der Waals surface area contributed by atoms with Crippen molar-refractivity contribution in [3.63, 3.8) is 0 Å². The van der Waals surface area contributed by atoms with Crippen LogP contribution in [0.15, 0.2) is 30.6 Å². The Morgan fingerprint density at radius 2 is 2.15 bits per heavy atom. The lowest BCUT2D eigenvalue weighted by molar-refractivity contribution is -0.0874. The van der Waals surface area contributed by atoms with Crippen molar-refractivity contribution in [1.29, 1.82) is 0 Å². The minimum absolute atomic E-state index is 0.0625. The Labute approximate surface area is 154 Å². The standard InChI is InChI=1S/C20H26N4O2/c1-2-3-6-15-11-24(12-18(26-15)14-9-10-14)20(25)17-8-5-4-7-16(17)19-21-13-22-23-19/h4-5,7-8,13-15,18H,2-3,6,9-12H2,1H3,(H,21,22,23)/t15-,18-/m1/s1. The maximum atomic E-state index is 13.3. The molecule has 1 saturated carbocycles. The Morgan fingerprint density at radius 3 is 2.88 bits per heavy atom. The molecule has 2 aliphatic rings. The predicted octanol–water partition coefficient (Wildman–Crippen LogP) is 3.28. The van der Waals surface area contributed by atoms with Crippen LogP contribution in [0.5, 0.6) is 0 Å². The molecule has 2 aromatic rings. The molecule has 138 valence electrons. The lowest BCUT2D eigenvalue weighted by Gasteiger charge is -2.38. The van der Waals surface area contributed by atoms with E-state index in [1.807, 2.05) is 29.2 Å². The number of H-pyrrole nitrogens is 1. The first kappa shape index (κ1) is 17.2. The predicted molar refractivity (Wildman–Crippen MR) is 98.6 cm³/mol. The van der Waals surface area contributed by atoms with Gasteiger partial charge in [0, 0.05) is 18.7 Å². The summed E-state index contributed by atoms with van der Waals surface area (Å²) >= 11 is 0. The maximum Gasteiger partial charge on any atom is 0.254 e. The molecule has 2 atom stereocenters. The first-order chi connectivity index (χ1) is 12.8. The molecular formula is C20H26N4O2. The lowest BCUT2D eigenvalue weighted by atomic mass is 10.0. The van der Waals surface area contributed by atoms with Gasteiger partial charge in [-0.3, -0.25) is 9.89 Å². The second-order valence-electron chi connectivity index (χ2n) is 7.37. The van der Waals surface area contributed by atoms with E-state index in [1.54, 1.807) is 0 Å². The summed E-state index contributed by atoms with van der Waals surface area (Å²) in [6.45, 7) is 3.56. The third-order valence-electron chi connectivity index (χ3n) is 5.33. The summed E-state index contributed by atoms with van der Waals surface area (Å²) in [4.78, 5) is 19.5. The minimum atomic E-state index is 0.0625. The Hall–Kier alpha value is -2.21. The molecule has 1 N–H and O–H groups in total. The highest BCUT2D eigenvalue weighted by atomic mass is 16.5. The van der Waals surface area contributed by atoms with E-state index >= 15 is 0 Å². The summed E-state index contributed by atoms with van der Waals surface area (Å²) in [5.74, 6) is 1.31. The average molecular weight is 354 g/mol. The third kappa shape index (κ3) is 3.65. The van der Waals surface area contributed by atoms with Gasteiger partial charge in [0.25, 0.3) is 5.91 Å². The quantitative estimate of drug-likeness (QED) is 0.864. The monoisotopic (exact) mass is 354 g/mol. The number of hydrogen-bond donors (Lipinski definition) is 1. The highest BCUT2D eigenvalue weighted by Gasteiger charge is 2.39. The van der Waals surface area contributed by atoms with Gasteiger partial charge in [-0.25, -0.2) is 4.98 Å². The number of ether oxygens (including phenoxy) is 1. The number of morpholine rings is 1. The number of nitrogens with one attached hydrogen (secondary N) is 1. The number of amides is 1. The van der Waals surface area contributed by atoms with Crippen LogP contribution in [0.25, 0.3) is 11.4 Å². The number of benzene rings is 1. The van der Waals surface area contributed by atoms with E-state index in [0.717, 1.165) is 24.8 Å². The SMILES string of the molecule is CCCC[C@@H]1CN(C(=O)c2ccccc2-c2ncn[nH]2)C[C@H](C2CC2)O1. The van der Waals surface area contributed by atoms with Gasteiger partial charge in [-0.05, 0) is 31.2 Å². The first-order valence-corrected chi connectivity index (χ1v) is 9.65. The van der Waals surface area contributed by atoms with Gasteiger partial charge in [0.05, 0.1) is 17.8 Å². The smallest absolute Gasteiger partial charge is 0.254 e. The molecule has 1 aromatic carbocycles. The highest BCUT2D eigenvalue weighted by molar-refractivity contribution is 6.00. The van der Waals surface area contributed by atoms with Gasteiger partial charge < -0.3 is 9.64 Å². The summed E-state index contributed by atoms with van der Waals surface area (Å²) < 4.78 is 6.31. The van der Waals surface area contributed by atoms with Crippen LogP contribution in [-0.2, 0) is 4.74 Å². The summed E-state index contributed by atoms with van der Waals surface area (Å²) in [7, 11) is 0. The molecule has 26 heavy (non-hydrogen) atoms. The second-order valence-corrected chi connectivity index (χ2v) is 7.37. The van der Waals surface area contributed by atoms with Crippen molar-refractivity contribution in [2.75, 3.05) is 13.1 Å². The minimum Gasteiger partial charge on any atom is -0.371 e. The van der Waals surface area contributed by atoms with E-state index in [9.17, 15) is 4.79 Å². The summed E-state index contributed by atoms with van der Waals surface area (Å²) in [6.07, 6.45) is 7.56. The van der Waals surface area contributed by atoms with Crippen molar-refractivity contribution in [3.05, 3.63) is 36.2 Å². The van der Waals surface area contributed by atoms with Crippen LogP contribution in [0.2, 0.25) is 0 Å². The number of nitrogens with zero attached hydrogens (tertiary/aromatic N) is 3. The van der Waals surface area contributed by atoms with Crippen LogP contribution in [0.4, 0.5) is 0 Å². The lowest BCUT2D eigenvalue weighted by Crippen LogP contribution is -2.50. The molecule has 4 rings (SSSR count). The average Bonchev–Trinajstić information content (AvgIpc) is 3.40. The topological polar surface area (TPSA) is 71.1 Å².